The van der Waals surface area contributed by atoms with Gasteiger partial charge in [-0.05, 0) is 24.1 Å². The summed E-state index contributed by atoms with van der Waals surface area (Å²) in [6.07, 6.45) is 0.878. The van der Waals surface area contributed by atoms with Crippen molar-refractivity contribution in [2.24, 2.45) is 4.99 Å². The lowest BCUT2D eigenvalue weighted by Crippen LogP contribution is -2.37. The lowest BCUT2D eigenvalue weighted by atomic mass is 9.93. The zero-order valence-electron chi connectivity index (χ0n) is 15.8. The van der Waals surface area contributed by atoms with Crippen LogP contribution in [0.3, 0.4) is 0 Å². The van der Waals surface area contributed by atoms with Crippen molar-refractivity contribution < 1.29 is 9.47 Å². The fraction of sp³-hybridized carbons (Fsp3) is 0.474. The van der Waals surface area contributed by atoms with Gasteiger partial charge in [0, 0.05) is 24.4 Å². The molecule has 140 valence electrons. The molecule has 0 unspecified atom stereocenters. The third kappa shape index (κ3) is 4.66. The number of thiazole rings is 1. The average Bonchev–Trinajstić information content (AvgIpc) is 3.26. The van der Waals surface area contributed by atoms with Crippen LogP contribution in [0, 0.1) is 0 Å². The quantitative estimate of drug-likeness (QED) is 0.622. The minimum atomic E-state index is 0.0826. The van der Waals surface area contributed by atoms with Gasteiger partial charge in [0.1, 0.15) is 5.01 Å². The molecule has 0 amide bonds. The van der Waals surface area contributed by atoms with Gasteiger partial charge in [0.25, 0.3) is 0 Å². The van der Waals surface area contributed by atoms with Gasteiger partial charge in [0.15, 0.2) is 17.5 Å². The molecule has 0 fully saturated rings. The second-order valence-electron chi connectivity index (χ2n) is 7.17. The van der Waals surface area contributed by atoms with Gasteiger partial charge in [-0.15, -0.1) is 11.3 Å². The summed E-state index contributed by atoms with van der Waals surface area (Å²) in [6, 6.07) is 6.05. The third-order valence-corrected chi connectivity index (χ3v) is 4.94. The molecule has 3 rings (SSSR count). The summed E-state index contributed by atoms with van der Waals surface area (Å²) < 4.78 is 10.8. The number of fused-ring (bicyclic) bond motifs is 1. The van der Waals surface area contributed by atoms with Gasteiger partial charge in [-0.25, -0.2) is 4.98 Å². The van der Waals surface area contributed by atoms with E-state index in [4.69, 9.17) is 14.5 Å². The van der Waals surface area contributed by atoms with Gasteiger partial charge in [0.05, 0.1) is 12.2 Å². The predicted molar refractivity (Wildman–Crippen MR) is 105 cm³/mol. The summed E-state index contributed by atoms with van der Waals surface area (Å²) >= 11 is 1.68. The van der Waals surface area contributed by atoms with E-state index in [2.05, 4.69) is 47.8 Å². The van der Waals surface area contributed by atoms with Gasteiger partial charge in [0.2, 0.25) is 6.79 Å². The summed E-state index contributed by atoms with van der Waals surface area (Å²) in [5, 5.41) is 9.85. The van der Waals surface area contributed by atoms with E-state index in [-0.39, 0.29) is 5.41 Å². The molecule has 7 heteroatoms. The van der Waals surface area contributed by atoms with Crippen LogP contribution >= 0.6 is 11.3 Å². The van der Waals surface area contributed by atoms with E-state index in [0.29, 0.717) is 13.3 Å². The van der Waals surface area contributed by atoms with Gasteiger partial charge in [-0.1, -0.05) is 26.8 Å². The normalized spacial score (nSPS) is 13.8. The van der Waals surface area contributed by atoms with E-state index >= 15 is 0 Å². The van der Waals surface area contributed by atoms with Crippen molar-refractivity contribution in [1.29, 1.82) is 0 Å². The Bertz CT molecular complexity index is 780. The van der Waals surface area contributed by atoms with Crippen LogP contribution < -0.4 is 20.1 Å². The maximum absolute atomic E-state index is 5.42. The first-order valence-electron chi connectivity index (χ1n) is 8.73. The Balaban J connectivity index is 1.45. The van der Waals surface area contributed by atoms with Crippen LogP contribution in [0.4, 0.5) is 0 Å². The van der Waals surface area contributed by atoms with Gasteiger partial charge in [-0.2, -0.15) is 0 Å². The molecular formula is C19H26N4O2S. The molecule has 0 radical (unpaired) electrons. The van der Waals surface area contributed by atoms with Crippen LogP contribution in [0.15, 0.2) is 28.6 Å². The van der Waals surface area contributed by atoms with Gasteiger partial charge in [-0.3, -0.25) is 4.99 Å². The number of hydrogen-bond donors (Lipinski definition) is 2. The molecule has 0 saturated carbocycles. The summed E-state index contributed by atoms with van der Waals surface area (Å²) in [6.45, 7) is 8.29. The number of aliphatic imine (C=N–C) groups is 1. The molecule has 2 N–H and O–H groups in total. The molecule has 1 aliphatic heterocycles. The lowest BCUT2D eigenvalue weighted by molar-refractivity contribution is 0.174. The Morgan fingerprint density at radius 1 is 1.23 bits per heavy atom. The van der Waals surface area contributed by atoms with Crippen molar-refractivity contribution in [3.63, 3.8) is 0 Å². The first-order chi connectivity index (χ1) is 12.5. The largest absolute Gasteiger partial charge is 0.454 e. The van der Waals surface area contributed by atoms with Crippen LogP contribution in [0.1, 0.15) is 37.0 Å². The highest BCUT2D eigenvalue weighted by molar-refractivity contribution is 7.09. The van der Waals surface area contributed by atoms with Crippen LogP contribution in [-0.4, -0.2) is 31.3 Å². The van der Waals surface area contributed by atoms with Crippen molar-refractivity contribution in [2.45, 2.75) is 39.2 Å². The lowest BCUT2D eigenvalue weighted by Gasteiger charge is -2.14. The minimum Gasteiger partial charge on any atom is -0.454 e. The first-order valence-corrected chi connectivity index (χ1v) is 9.61. The number of rotatable bonds is 5. The number of ether oxygens (including phenoxy) is 2. The molecule has 26 heavy (non-hydrogen) atoms. The Kier molecular flexibility index (Phi) is 5.66. The number of aromatic nitrogens is 1. The molecule has 6 nitrogen and oxygen atoms in total. The monoisotopic (exact) mass is 374 g/mol. The molecule has 0 saturated heterocycles. The summed E-state index contributed by atoms with van der Waals surface area (Å²) in [7, 11) is 1.78. The molecule has 1 aromatic heterocycles. The maximum Gasteiger partial charge on any atom is 0.231 e. The molecule has 1 aliphatic rings. The van der Waals surface area contributed by atoms with E-state index in [1.165, 1.54) is 5.56 Å². The SMILES string of the molecule is CN=C(NCCc1ccc2c(c1)OCO2)NCc1nc(C(C)(C)C)cs1. The third-order valence-electron chi connectivity index (χ3n) is 4.09. The second-order valence-corrected chi connectivity index (χ2v) is 8.11. The molecular weight excluding hydrogens is 348 g/mol. The Labute approximate surface area is 158 Å². The van der Waals surface area contributed by atoms with E-state index in [0.717, 1.165) is 41.1 Å². The molecule has 0 aliphatic carbocycles. The molecule has 0 bridgehead atoms. The number of guanidine groups is 1. The number of nitrogens with one attached hydrogen (secondary N) is 2. The van der Waals surface area contributed by atoms with E-state index in [9.17, 15) is 0 Å². The molecule has 2 heterocycles. The number of nitrogens with zero attached hydrogens (tertiary/aromatic N) is 2. The summed E-state index contributed by atoms with van der Waals surface area (Å²) in [4.78, 5) is 8.97. The topological polar surface area (TPSA) is 67.8 Å². The minimum absolute atomic E-state index is 0.0826. The zero-order valence-corrected chi connectivity index (χ0v) is 16.6. The maximum atomic E-state index is 5.42. The van der Waals surface area contributed by atoms with Crippen molar-refractivity contribution in [3.8, 4) is 11.5 Å². The highest BCUT2D eigenvalue weighted by Gasteiger charge is 2.17. The van der Waals surface area contributed by atoms with Gasteiger partial charge < -0.3 is 20.1 Å². The highest BCUT2D eigenvalue weighted by Crippen LogP contribution is 2.32. The highest BCUT2D eigenvalue weighted by atomic mass is 32.1. The van der Waals surface area contributed by atoms with E-state index in [1.807, 2.05) is 12.1 Å². The fourth-order valence-corrected chi connectivity index (χ4v) is 3.50. The van der Waals surface area contributed by atoms with E-state index < -0.39 is 0 Å². The Morgan fingerprint density at radius 2 is 2.04 bits per heavy atom. The summed E-state index contributed by atoms with van der Waals surface area (Å²) in [5.41, 5.74) is 2.41. The standard InChI is InChI=1S/C19H26N4O2S/c1-19(2,3)16-11-26-17(23-16)10-22-18(20-4)21-8-7-13-5-6-14-15(9-13)25-12-24-14/h5-6,9,11H,7-8,10,12H2,1-4H3,(H2,20,21,22). The summed E-state index contributed by atoms with van der Waals surface area (Å²) in [5.74, 6) is 2.42. The zero-order chi connectivity index (χ0) is 18.6. The van der Waals surface area contributed by atoms with Crippen LogP contribution in [0.25, 0.3) is 0 Å². The van der Waals surface area contributed by atoms with Crippen LogP contribution in [0.5, 0.6) is 11.5 Å². The fourth-order valence-electron chi connectivity index (χ4n) is 2.54. The molecule has 0 atom stereocenters. The Morgan fingerprint density at radius 3 is 2.77 bits per heavy atom. The second kappa shape index (κ2) is 7.95. The van der Waals surface area contributed by atoms with Crippen molar-refractivity contribution in [2.75, 3.05) is 20.4 Å². The van der Waals surface area contributed by atoms with Crippen molar-refractivity contribution in [3.05, 3.63) is 39.8 Å². The Hall–Kier alpha value is -2.28. The van der Waals surface area contributed by atoms with Crippen molar-refractivity contribution in [1.82, 2.24) is 15.6 Å². The van der Waals surface area contributed by atoms with Crippen molar-refractivity contribution >= 4 is 17.3 Å². The average molecular weight is 375 g/mol. The molecule has 2 aromatic rings. The first kappa shape index (κ1) is 18.5. The smallest absolute Gasteiger partial charge is 0.231 e. The number of benzene rings is 1. The van der Waals surface area contributed by atoms with E-state index in [1.54, 1.807) is 18.4 Å². The predicted octanol–water partition coefficient (Wildman–Crippen LogP) is 3.08. The molecule has 1 aromatic carbocycles. The number of hydrogen-bond acceptors (Lipinski definition) is 5. The van der Waals surface area contributed by atoms with Crippen LogP contribution in [-0.2, 0) is 18.4 Å². The van der Waals surface area contributed by atoms with Gasteiger partial charge >= 0.3 is 0 Å². The molecule has 0 spiro atoms. The van der Waals surface area contributed by atoms with Crippen LogP contribution in [0.2, 0.25) is 0 Å².